The first-order chi connectivity index (χ1) is 14.2. The van der Waals surface area contributed by atoms with Gasteiger partial charge in [-0.05, 0) is 17.2 Å². The molecule has 0 unspecified atom stereocenters. The summed E-state index contributed by atoms with van der Waals surface area (Å²) in [5, 5.41) is 11.8. The number of nitrogens with zero attached hydrogens (tertiary/aromatic N) is 2. The van der Waals surface area contributed by atoms with Gasteiger partial charge in [0, 0.05) is 23.6 Å². The third kappa shape index (κ3) is 4.63. The molecule has 5 nitrogen and oxygen atoms in total. The van der Waals surface area contributed by atoms with Gasteiger partial charge in [0.15, 0.2) is 0 Å². The van der Waals surface area contributed by atoms with E-state index in [0.717, 1.165) is 16.9 Å². The minimum atomic E-state index is -0.639. The van der Waals surface area contributed by atoms with Crippen LogP contribution >= 0.6 is 0 Å². The molecule has 3 aromatic rings. The van der Waals surface area contributed by atoms with Crippen molar-refractivity contribution in [3.8, 4) is 5.75 Å². The van der Waals surface area contributed by atoms with Gasteiger partial charge >= 0.3 is 0 Å². The zero-order valence-electron chi connectivity index (χ0n) is 16.2. The smallest absolute Gasteiger partial charge is 0.233 e. The summed E-state index contributed by atoms with van der Waals surface area (Å²) < 4.78 is 6.08. The van der Waals surface area contributed by atoms with Crippen LogP contribution in [0.15, 0.2) is 84.9 Å². The SMILES string of the molecule is O=[N+]([O-])[C@H]1CN(Cc2ccccc2)C[C@@H]1c1ccccc1OCc1ccccc1. The van der Waals surface area contributed by atoms with Crippen molar-refractivity contribution in [2.75, 3.05) is 13.1 Å². The molecular weight excluding hydrogens is 364 g/mol. The first kappa shape index (κ1) is 19.2. The Bertz CT molecular complexity index is 947. The maximum Gasteiger partial charge on any atom is 0.233 e. The summed E-state index contributed by atoms with van der Waals surface area (Å²) in [5.41, 5.74) is 3.16. The van der Waals surface area contributed by atoms with Crippen LogP contribution in [0.1, 0.15) is 22.6 Å². The van der Waals surface area contributed by atoms with Crippen LogP contribution in [0.4, 0.5) is 0 Å². The van der Waals surface area contributed by atoms with E-state index in [1.165, 1.54) is 5.56 Å². The lowest BCUT2D eigenvalue weighted by Gasteiger charge is -2.18. The van der Waals surface area contributed by atoms with E-state index < -0.39 is 6.04 Å². The number of ether oxygens (including phenoxy) is 1. The Morgan fingerprint density at radius 2 is 1.48 bits per heavy atom. The Hall–Kier alpha value is -3.18. The Labute approximate surface area is 170 Å². The number of likely N-dealkylation sites (tertiary alicyclic amines) is 1. The summed E-state index contributed by atoms with van der Waals surface area (Å²) in [5.74, 6) is 0.537. The molecule has 1 fully saturated rings. The molecule has 29 heavy (non-hydrogen) atoms. The molecule has 0 bridgehead atoms. The summed E-state index contributed by atoms with van der Waals surface area (Å²) >= 11 is 0. The van der Waals surface area contributed by atoms with Crippen LogP contribution < -0.4 is 4.74 Å². The van der Waals surface area contributed by atoms with E-state index in [1.54, 1.807) is 0 Å². The van der Waals surface area contributed by atoms with Crippen molar-refractivity contribution in [3.05, 3.63) is 112 Å². The highest BCUT2D eigenvalue weighted by molar-refractivity contribution is 5.38. The predicted molar refractivity (Wildman–Crippen MR) is 112 cm³/mol. The van der Waals surface area contributed by atoms with E-state index in [1.807, 2.05) is 72.8 Å². The molecule has 0 amide bonds. The zero-order chi connectivity index (χ0) is 20.1. The molecule has 1 aliphatic rings. The number of para-hydroxylation sites is 1. The van der Waals surface area contributed by atoms with Gasteiger partial charge in [0.2, 0.25) is 6.04 Å². The standard InChI is InChI=1S/C24H24N2O3/c27-26(28)23-17-25(15-19-9-3-1-4-10-19)16-22(23)21-13-7-8-14-24(21)29-18-20-11-5-2-6-12-20/h1-14,22-23H,15-18H2/t22-,23+/m1/s1. The fraction of sp³-hybridized carbons (Fsp3) is 0.250. The van der Waals surface area contributed by atoms with Crippen LogP contribution in [0.5, 0.6) is 5.75 Å². The van der Waals surface area contributed by atoms with Gasteiger partial charge in [-0.3, -0.25) is 15.0 Å². The molecule has 2 atom stereocenters. The van der Waals surface area contributed by atoms with Crippen molar-refractivity contribution in [2.24, 2.45) is 0 Å². The van der Waals surface area contributed by atoms with Gasteiger partial charge in [0.1, 0.15) is 12.4 Å². The number of benzene rings is 3. The van der Waals surface area contributed by atoms with Gasteiger partial charge in [-0.25, -0.2) is 0 Å². The monoisotopic (exact) mass is 388 g/mol. The van der Waals surface area contributed by atoms with Crippen molar-refractivity contribution in [1.82, 2.24) is 4.90 Å². The molecule has 1 heterocycles. The largest absolute Gasteiger partial charge is 0.489 e. The molecular formula is C24H24N2O3. The molecule has 0 saturated carbocycles. The highest BCUT2D eigenvalue weighted by Crippen LogP contribution is 2.36. The summed E-state index contributed by atoms with van der Waals surface area (Å²) in [4.78, 5) is 13.8. The summed E-state index contributed by atoms with van der Waals surface area (Å²) in [6.45, 7) is 2.25. The van der Waals surface area contributed by atoms with Crippen molar-refractivity contribution >= 4 is 0 Å². The van der Waals surface area contributed by atoms with Crippen molar-refractivity contribution in [2.45, 2.75) is 25.1 Å². The molecule has 0 N–H and O–H groups in total. The second kappa shape index (κ2) is 8.88. The maximum atomic E-state index is 11.8. The zero-order valence-corrected chi connectivity index (χ0v) is 16.2. The fourth-order valence-electron chi connectivity index (χ4n) is 4.01. The van der Waals surface area contributed by atoms with E-state index in [2.05, 4.69) is 17.0 Å². The highest BCUT2D eigenvalue weighted by Gasteiger charge is 2.43. The minimum absolute atomic E-state index is 0.135. The average Bonchev–Trinajstić information content (AvgIpc) is 3.18. The van der Waals surface area contributed by atoms with Crippen molar-refractivity contribution in [3.63, 3.8) is 0 Å². The van der Waals surface area contributed by atoms with Crippen molar-refractivity contribution < 1.29 is 9.66 Å². The lowest BCUT2D eigenvalue weighted by Crippen LogP contribution is -2.28. The molecule has 3 aromatic carbocycles. The first-order valence-electron chi connectivity index (χ1n) is 9.86. The normalized spacial score (nSPS) is 19.2. The Balaban J connectivity index is 1.53. The Morgan fingerprint density at radius 3 is 2.17 bits per heavy atom. The highest BCUT2D eigenvalue weighted by atomic mass is 16.6. The van der Waals surface area contributed by atoms with Gasteiger partial charge in [-0.1, -0.05) is 78.9 Å². The van der Waals surface area contributed by atoms with Gasteiger partial charge < -0.3 is 4.74 Å². The first-order valence-corrected chi connectivity index (χ1v) is 9.86. The van der Waals surface area contributed by atoms with Gasteiger partial charge in [0.25, 0.3) is 0 Å². The lowest BCUT2D eigenvalue weighted by atomic mass is 9.94. The topological polar surface area (TPSA) is 55.6 Å². The summed E-state index contributed by atoms with van der Waals surface area (Å²) in [6, 6.07) is 27.1. The second-order valence-electron chi connectivity index (χ2n) is 7.45. The van der Waals surface area contributed by atoms with E-state index in [0.29, 0.717) is 26.2 Å². The lowest BCUT2D eigenvalue weighted by molar-refractivity contribution is -0.521. The van der Waals surface area contributed by atoms with Crippen LogP contribution in [-0.4, -0.2) is 29.0 Å². The third-order valence-corrected chi connectivity index (χ3v) is 5.44. The molecule has 0 aliphatic carbocycles. The van der Waals surface area contributed by atoms with Gasteiger partial charge in [-0.15, -0.1) is 0 Å². The van der Waals surface area contributed by atoms with E-state index in [4.69, 9.17) is 4.74 Å². The quantitative estimate of drug-likeness (QED) is 0.441. The second-order valence-corrected chi connectivity index (χ2v) is 7.45. The molecule has 1 aliphatic heterocycles. The number of hydrogen-bond donors (Lipinski definition) is 0. The molecule has 0 spiro atoms. The summed E-state index contributed by atoms with van der Waals surface area (Å²) in [6.07, 6.45) is 0. The van der Waals surface area contributed by atoms with Crippen LogP contribution in [0.2, 0.25) is 0 Å². The molecule has 5 heteroatoms. The predicted octanol–water partition coefficient (Wildman–Crippen LogP) is 4.51. The maximum absolute atomic E-state index is 11.8. The molecule has 148 valence electrons. The number of rotatable bonds is 7. The number of nitro groups is 1. The fourth-order valence-corrected chi connectivity index (χ4v) is 4.01. The molecule has 0 radical (unpaired) electrons. The van der Waals surface area contributed by atoms with Crippen LogP contribution in [0.3, 0.4) is 0 Å². The number of hydrogen-bond acceptors (Lipinski definition) is 4. The molecule has 0 aromatic heterocycles. The Morgan fingerprint density at radius 1 is 0.862 bits per heavy atom. The minimum Gasteiger partial charge on any atom is -0.489 e. The van der Waals surface area contributed by atoms with Crippen LogP contribution in [0, 0.1) is 10.1 Å². The van der Waals surface area contributed by atoms with E-state index >= 15 is 0 Å². The van der Waals surface area contributed by atoms with Gasteiger partial charge in [-0.2, -0.15) is 0 Å². The van der Waals surface area contributed by atoms with Crippen LogP contribution in [0.25, 0.3) is 0 Å². The van der Waals surface area contributed by atoms with E-state index in [-0.39, 0.29) is 10.8 Å². The van der Waals surface area contributed by atoms with Crippen LogP contribution in [-0.2, 0) is 13.2 Å². The third-order valence-electron chi connectivity index (χ3n) is 5.44. The summed E-state index contributed by atoms with van der Waals surface area (Å²) in [7, 11) is 0. The molecule has 4 rings (SSSR count). The Kier molecular flexibility index (Phi) is 5.86. The molecule has 1 saturated heterocycles. The van der Waals surface area contributed by atoms with E-state index in [9.17, 15) is 10.1 Å². The average molecular weight is 388 g/mol. The van der Waals surface area contributed by atoms with Gasteiger partial charge in [0.05, 0.1) is 12.5 Å². The van der Waals surface area contributed by atoms with Crippen molar-refractivity contribution in [1.29, 1.82) is 0 Å².